The first kappa shape index (κ1) is 18.9. The summed E-state index contributed by atoms with van der Waals surface area (Å²) in [5.41, 5.74) is 0.870. The molecule has 0 aromatic carbocycles. The third-order valence-electron chi connectivity index (χ3n) is 6.99. The van der Waals surface area contributed by atoms with Crippen molar-refractivity contribution < 1.29 is 13.9 Å². The van der Waals surface area contributed by atoms with Crippen LogP contribution in [0.25, 0.3) is 11.0 Å². The highest BCUT2D eigenvalue weighted by molar-refractivity contribution is 5.91. The van der Waals surface area contributed by atoms with E-state index in [4.69, 9.17) is 14.1 Å². The smallest absolute Gasteiger partial charge is 0.287 e. The van der Waals surface area contributed by atoms with Crippen molar-refractivity contribution in [1.29, 1.82) is 0 Å². The molecule has 8 heteroatoms. The topological polar surface area (TPSA) is 96.3 Å². The van der Waals surface area contributed by atoms with Crippen LogP contribution in [0.2, 0.25) is 0 Å². The number of H-pyrrole nitrogens is 1. The maximum Gasteiger partial charge on any atom is 0.287 e. The molecule has 6 rings (SSSR count). The fourth-order valence-corrected chi connectivity index (χ4v) is 5.09. The Morgan fingerprint density at radius 3 is 2.94 bits per heavy atom. The first-order valence-corrected chi connectivity index (χ1v) is 11.2. The molecule has 2 saturated carbocycles. The molecule has 0 unspecified atom stereocenters. The molecule has 3 aliphatic rings. The fraction of sp³-hybridized carbons (Fsp3) is 0.522. The summed E-state index contributed by atoms with van der Waals surface area (Å²) in [5.74, 6) is 2.65. The zero-order chi connectivity index (χ0) is 20.8. The monoisotopic (exact) mass is 421 g/mol. The lowest BCUT2D eigenvalue weighted by Crippen LogP contribution is -2.50. The summed E-state index contributed by atoms with van der Waals surface area (Å²) in [6, 6.07) is 5.41. The third-order valence-corrected chi connectivity index (χ3v) is 6.99. The van der Waals surface area contributed by atoms with Crippen molar-refractivity contribution in [3.8, 4) is 0 Å². The lowest BCUT2D eigenvalue weighted by Gasteiger charge is -2.38. The Morgan fingerprint density at radius 2 is 2.13 bits per heavy atom. The Balaban J connectivity index is 1.18. The van der Waals surface area contributed by atoms with E-state index in [2.05, 4.69) is 20.2 Å². The highest BCUT2D eigenvalue weighted by Crippen LogP contribution is 2.40. The van der Waals surface area contributed by atoms with E-state index in [1.165, 1.54) is 19.1 Å². The van der Waals surface area contributed by atoms with E-state index >= 15 is 0 Å². The van der Waals surface area contributed by atoms with Crippen LogP contribution in [-0.2, 0) is 4.74 Å². The highest BCUT2D eigenvalue weighted by atomic mass is 16.5. The predicted molar refractivity (Wildman–Crippen MR) is 115 cm³/mol. The normalized spacial score (nSPS) is 28.1. The number of furan rings is 1. The second kappa shape index (κ2) is 7.67. The zero-order valence-electron chi connectivity index (χ0n) is 17.4. The molecular weight excluding hydrogens is 394 g/mol. The highest BCUT2D eigenvalue weighted by Gasteiger charge is 2.44. The summed E-state index contributed by atoms with van der Waals surface area (Å²) in [7, 11) is 0. The summed E-state index contributed by atoms with van der Waals surface area (Å²) in [6.45, 7) is 2.63. The van der Waals surface area contributed by atoms with Crippen LogP contribution < -0.4 is 10.2 Å². The van der Waals surface area contributed by atoms with Gasteiger partial charge < -0.3 is 24.4 Å². The van der Waals surface area contributed by atoms with Gasteiger partial charge in [0, 0.05) is 37.5 Å². The Bertz CT molecular complexity index is 1060. The molecule has 1 amide bonds. The molecule has 3 aromatic heterocycles. The number of aromatic nitrogens is 3. The van der Waals surface area contributed by atoms with Gasteiger partial charge in [0.25, 0.3) is 5.91 Å². The molecule has 31 heavy (non-hydrogen) atoms. The Kier molecular flexibility index (Phi) is 4.67. The average molecular weight is 422 g/mol. The van der Waals surface area contributed by atoms with Crippen molar-refractivity contribution in [2.45, 2.75) is 37.8 Å². The molecule has 3 fully saturated rings. The predicted octanol–water partition coefficient (Wildman–Crippen LogP) is 2.99. The van der Waals surface area contributed by atoms with E-state index in [9.17, 15) is 4.79 Å². The van der Waals surface area contributed by atoms with E-state index in [-0.39, 0.29) is 18.1 Å². The molecule has 0 spiro atoms. The van der Waals surface area contributed by atoms with E-state index in [1.54, 1.807) is 12.1 Å². The molecule has 1 aliphatic heterocycles. The number of carbonyl (C=O) groups is 1. The number of hydrogen-bond acceptors (Lipinski definition) is 6. The zero-order valence-corrected chi connectivity index (χ0v) is 17.4. The summed E-state index contributed by atoms with van der Waals surface area (Å²) in [6.07, 6.45) is 9.69. The number of hydrogen-bond donors (Lipinski definition) is 2. The Morgan fingerprint density at radius 1 is 1.26 bits per heavy atom. The van der Waals surface area contributed by atoms with Crippen molar-refractivity contribution >= 4 is 22.9 Å². The van der Waals surface area contributed by atoms with Gasteiger partial charge in [-0.2, -0.15) is 4.98 Å². The third kappa shape index (κ3) is 3.80. The van der Waals surface area contributed by atoms with Crippen molar-refractivity contribution in [2.75, 3.05) is 24.6 Å². The van der Waals surface area contributed by atoms with Crippen molar-refractivity contribution in [3.05, 3.63) is 42.6 Å². The number of nitrogens with one attached hydrogen (secondary N) is 2. The van der Waals surface area contributed by atoms with Crippen molar-refractivity contribution in [1.82, 2.24) is 20.3 Å². The number of fused-ring (bicyclic) bond motifs is 2. The van der Waals surface area contributed by atoms with Gasteiger partial charge in [-0.05, 0) is 61.6 Å². The first-order valence-electron chi connectivity index (χ1n) is 11.2. The molecule has 1 saturated heterocycles. The van der Waals surface area contributed by atoms with Crippen LogP contribution in [0.5, 0.6) is 0 Å². The minimum Gasteiger partial charge on any atom is -0.459 e. The van der Waals surface area contributed by atoms with Gasteiger partial charge in [0.15, 0.2) is 5.76 Å². The summed E-state index contributed by atoms with van der Waals surface area (Å²) < 4.78 is 11.6. The maximum atomic E-state index is 12.7. The molecule has 0 radical (unpaired) electrons. The van der Waals surface area contributed by atoms with Crippen molar-refractivity contribution in [3.63, 3.8) is 0 Å². The van der Waals surface area contributed by atoms with E-state index in [0.29, 0.717) is 23.5 Å². The van der Waals surface area contributed by atoms with Crippen LogP contribution in [0.4, 0.5) is 5.95 Å². The standard InChI is InChI=1S/C23H27N5O3/c29-22(19-2-1-7-30-19)26-18-8-16-11-28(23-25-10-15-5-6-24-21(15)27-23)12-17(16)9-20(18)31-13-14-3-4-14/h1-2,5-7,10,14,16-18,20H,3-4,8-9,11-13H2,(H,26,29)(H,24,25,27)/t16-,17+,18-,20-/m0/s1. The number of rotatable bonds is 6. The van der Waals surface area contributed by atoms with Crippen molar-refractivity contribution in [2.24, 2.45) is 17.8 Å². The summed E-state index contributed by atoms with van der Waals surface area (Å²) in [5, 5.41) is 4.21. The van der Waals surface area contributed by atoms with Gasteiger partial charge in [-0.1, -0.05) is 0 Å². The first-order chi connectivity index (χ1) is 15.2. The van der Waals surface area contributed by atoms with Gasteiger partial charge in [-0.3, -0.25) is 4.79 Å². The lowest BCUT2D eigenvalue weighted by atomic mass is 9.77. The second-order valence-corrected chi connectivity index (χ2v) is 9.22. The fourth-order valence-electron chi connectivity index (χ4n) is 5.09. The number of amides is 1. The minimum atomic E-state index is -0.163. The van der Waals surface area contributed by atoms with Crippen LogP contribution in [-0.4, -0.2) is 52.7 Å². The lowest BCUT2D eigenvalue weighted by molar-refractivity contribution is -0.0213. The molecule has 2 N–H and O–H groups in total. The van der Waals surface area contributed by atoms with E-state index in [1.807, 2.05) is 18.5 Å². The van der Waals surface area contributed by atoms with Crippen LogP contribution >= 0.6 is 0 Å². The molecule has 162 valence electrons. The molecule has 4 heterocycles. The second-order valence-electron chi connectivity index (χ2n) is 9.22. The molecular formula is C23H27N5O3. The van der Waals surface area contributed by atoms with Crippen LogP contribution in [0.1, 0.15) is 36.2 Å². The van der Waals surface area contributed by atoms with Gasteiger partial charge in [0.1, 0.15) is 5.65 Å². The summed E-state index contributed by atoms with van der Waals surface area (Å²) >= 11 is 0. The molecule has 3 aromatic rings. The van der Waals surface area contributed by atoms with Crippen LogP contribution in [0.15, 0.2) is 41.3 Å². The van der Waals surface area contributed by atoms with Crippen LogP contribution in [0.3, 0.4) is 0 Å². The van der Waals surface area contributed by atoms with E-state index in [0.717, 1.165) is 49.5 Å². The van der Waals surface area contributed by atoms with E-state index < -0.39 is 0 Å². The van der Waals surface area contributed by atoms with Crippen LogP contribution in [0, 0.1) is 17.8 Å². The number of ether oxygens (including phenoxy) is 1. The average Bonchev–Trinajstić information content (AvgIpc) is 3.17. The summed E-state index contributed by atoms with van der Waals surface area (Å²) in [4.78, 5) is 27.4. The number of carbonyl (C=O) groups excluding carboxylic acids is 1. The molecule has 4 atom stereocenters. The van der Waals surface area contributed by atoms with Gasteiger partial charge in [0.05, 0.1) is 18.4 Å². The number of anilines is 1. The minimum absolute atomic E-state index is 0.00986. The maximum absolute atomic E-state index is 12.7. The van der Waals surface area contributed by atoms with Gasteiger partial charge in [-0.25, -0.2) is 4.98 Å². The molecule has 2 aliphatic carbocycles. The van der Waals surface area contributed by atoms with Gasteiger partial charge in [-0.15, -0.1) is 0 Å². The Labute approximate surface area is 180 Å². The quantitative estimate of drug-likeness (QED) is 0.635. The number of aromatic amines is 1. The Hall–Kier alpha value is -2.87. The molecule has 8 nitrogen and oxygen atoms in total. The number of nitrogens with zero attached hydrogens (tertiary/aromatic N) is 3. The largest absolute Gasteiger partial charge is 0.459 e. The van der Waals surface area contributed by atoms with Gasteiger partial charge >= 0.3 is 0 Å². The molecule has 0 bridgehead atoms. The van der Waals surface area contributed by atoms with Gasteiger partial charge in [0.2, 0.25) is 5.95 Å². The SMILES string of the molecule is O=C(N[C@H]1C[C@H]2CN(c3ncc4cc[nH]c4n3)C[C@H]2C[C@@H]1OCC1CC1)c1ccco1.